The van der Waals surface area contributed by atoms with E-state index in [4.69, 9.17) is 16.3 Å². The molecule has 2 saturated carbocycles. The van der Waals surface area contributed by atoms with Crippen molar-refractivity contribution in [3.05, 3.63) is 0 Å². The van der Waals surface area contributed by atoms with Gasteiger partial charge in [0.1, 0.15) is 0 Å². The van der Waals surface area contributed by atoms with Crippen molar-refractivity contribution >= 4 is 11.6 Å². The van der Waals surface area contributed by atoms with Gasteiger partial charge in [0.05, 0.1) is 12.2 Å². The second kappa shape index (κ2) is 4.25. The molecule has 0 aromatic carbocycles. The van der Waals surface area contributed by atoms with Crippen LogP contribution in [0.1, 0.15) is 44.9 Å². The maximum Gasteiger partial charge on any atom is 0.0650 e. The lowest BCUT2D eigenvalue weighted by Crippen LogP contribution is -2.33. The van der Waals surface area contributed by atoms with E-state index in [0.29, 0.717) is 18.1 Å². The maximum atomic E-state index is 6.29. The Balaban J connectivity index is 1.77. The standard InChI is InChI=1S/C13H21ClO/c14-8-9-4-3-6-11-10-5-1-2-7-12(10)15-13(9)11/h9-13H,1-8H2/t9?,10?,11-,12?,13?/m1/s1. The van der Waals surface area contributed by atoms with Crippen LogP contribution in [0.15, 0.2) is 0 Å². The summed E-state index contributed by atoms with van der Waals surface area (Å²) in [6.07, 6.45) is 10.7. The van der Waals surface area contributed by atoms with Crippen LogP contribution in [0.2, 0.25) is 0 Å². The number of alkyl halides is 1. The van der Waals surface area contributed by atoms with Gasteiger partial charge in [-0.15, -0.1) is 11.6 Å². The van der Waals surface area contributed by atoms with Crippen LogP contribution in [0.4, 0.5) is 0 Å². The highest BCUT2D eigenvalue weighted by Gasteiger charge is 2.48. The fourth-order valence-corrected chi connectivity index (χ4v) is 4.44. The number of hydrogen-bond acceptors (Lipinski definition) is 1. The molecule has 1 aliphatic heterocycles. The van der Waals surface area contributed by atoms with Gasteiger partial charge in [0, 0.05) is 5.88 Å². The smallest absolute Gasteiger partial charge is 0.0650 e. The molecule has 1 saturated heterocycles. The van der Waals surface area contributed by atoms with Gasteiger partial charge >= 0.3 is 0 Å². The summed E-state index contributed by atoms with van der Waals surface area (Å²) in [5.41, 5.74) is 0. The topological polar surface area (TPSA) is 9.23 Å². The zero-order valence-corrected chi connectivity index (χ0v) is 10.1. The Hall–Kier alpha value is 0.250. The summed E-state index contributed by atoms with van der Waals surface area (Å²) in [6.45, 7) is 0. The van der Waals surface area contributed by atoms with Crippen molar-refractivity contribution in [2.75, 3.05) is 5.88 Å². The normalized spacial score (nSPS) is 49.8. The van der Waals surface area contributed by atoms with Crippen molar-refractivity contribution in [3.63, 3.8) is 0 Å². The molecule has 1 heterocycles. The SMILES string of the molecule is ClCC1CCC[C@@H]2C3CCCCC3OC12. The Kier molecular flexibility index (Phi) is 2.95. The summed E-state index contributed by atoms with van der Waals surface area (Å²) in [5.74, 6) is 3.19. The molecule has 0 aromatic heterocycles. The molecule has 5 atom stereocenters. The summed E-state index contributed by atoms with van der Waals surface area (Å²) in [6, 6.07) is 0. The van der Waals surface area contributed by atoms with Gasteiger partial charge in [-0.25, -0.2) is 0 Å². The molecule has 2 heteroatoms. The molecule has 0 N–H and O–H groups in total. The fraction of sp³-hybridized carbons (Fsp3) is 1.00. The molecule has 0 radical (unpaired) electrons. The van der Waals surface area contributed by atoms with E-state index in [-0.39, 0.29) is 0 Å². The van der Waals surface area contributed by atoms with Crippen molar-refractivity contribution in [2.24, 2.45) is 17.8 Å². The number of ether oxygens (including phenoxy) is 1. The van der Waals surface area contributed by atoms with E-state index < -0.39 is 0 Å². The summed E-state index contributed by atoms with van der Waals surface area (Å²) in [4.78, 5) is 0. The molecular formula is C13H21ClO. The fourth-order valence-electron chi connectivity index (χ4n) is 4.11. The van der Waals surface area contributed by atoms with Crippen molar-refractivity contribution in [1.29, 1.82) is 0 Å². The third kappa shape index (κ3) is 1.72. The molecule has 1 nitrogen and oxygen atoms in total. The Morgan fingerprint density at radius 2 is 1.73 bits per heavy atom. The summed E-state index contributed by atoms with van der Waals surface area (Å²) < 4.78 is 6.29. The van der Waals surface area contributed by atoms with Crippen LogP contribution in [0.5, 0.6) is 0 Å². The molecule has 0 spiro atoms. The first-order chi connectivity index (χ1) is 7.40. The van der Waals surface area contributed by atoms with Crippen LogP contribution in [0.3, 0.4) is 0 Å². The van der Waals surface area contributed by atoms with Crippen molar-refractivity contribution < 1.29 is 4.74 Å². The van der Waals surface area contributed by atoms with Crippen molar-refractivity contribution in [1.82, 2.24) is 0 Å². The van der Waals surface area contributed by atoms with Gasteiger partial charge in [-0.3, -0.25) is 0 Å². The van der Waals surface area contributed by atoms with Gasteiger partial charge in [-0.1, -0.05) is 19.3 Å². The Bertz CT molecular complexity index is 231. The summed E-state index contributed by atoms with van der Waals surface area (Å²) in [5, 5.41) is 0. The monoisotopic (exact) mass is 228 g/mol. The van der Waals surface area contributed by atoms with Crippen molar-refractivity contribution in [3.8, 4) is 0 Å². The minimum atomic E-state index is 0.518. The maximum absolute atomic E-state index is 6.29. The molecular weight excluding hydrogens is 208 g/mol. The van der Waals surface area contributed by atoms with Gasteiger partial charge in [-0.2, -0.15) is 0 Å². The number of fused-ring (bicyclic) bond motifs is 3. The predicted molar refractivity (Wildman–Crippen MR) is 62.2 cm³/mol. The Morgan fingerprint density at radius 1 is 0.933 bits per heavy atom. The van der Waals surface area contributed by atoms with E-state index in [1.807, 2.05) is 0 Å². The number of hydrogen-bond donors (Lipinski definition) is 0. The molecule has 3 fully saturated rings. The summed E-state index contributed by atoms with van der Waals surface area (Å²) in [7, 11) is 0. The minimum absolute atomic E-state index is 0.518. The van der Waals surface area contributed by atoms with E-state index in [0.717, 1.165) is 17.7 Å². The third-order valence-corrected chi connectivity index (χ3v) is 5.23. The molecule has 2 aliphatic carbocycles. The lowest BCUT2D eigenvalue weighted by atomic mass is 9.71. The number of halogens is 1. The van der Waals surface area contributed by atoms with Gasteiger partial charge in [0.2, 0.25) is 0 Å². The average Bonchev–Trinajstić information content (AvgIpc) is 2.67. The quantitative estimate of drug-likeness (QED) is 0.624. The molecule has 0 bridgehead atoms. The number of rotatable bonds is 1. The highest BCUT2D eigenvalue weighted by molar-refractivity contribution is 6.18. The van der Waals surface area contributed by atoms with E-state index in [1.54, 1.807) is 0 Å². The molecule has 3 aliphatic rings. The first-order valence-electron chi connectivity index (χ1n) is 6.61. The third-order valence-electron chi connectivity index (χ3n) is 4.83. The van der Waals surface area contributed by atoms with Crippen LogP contribution < -0.4 is 0 Å². The lowest BCUT2D eigenvalue weighted by molar-refractivity contribution is -0.0190. The molecule has 0 amide bonds. The second-order valence-electron chi connectivity index (χ2n) is 5.60. The first-order valence-corrected chi connectivity index (χ1v) is 7.15. The second-order valence-corrected chi connectivity index (χ2v) is 5.91. The van der Waals surface area contributed by atoms with Gasteiger partial charge in [0.25, 0.3) is 0 Å². The molecule has 3 rings (SSSR count). The zero-order chi connectivity index (χ0) is 10.3. The van der Waals surface area contributed by atoms with Crippen LogP contribution in [-0.2, 0) is 4.74 Å². The highest BCUT2D eigenvalue weighted by Crippen LogP contribution is 2.49. The minimum Gasteiger partial charge on any atom is -0.374 e. The van der Waals surface area contributed by atoms with Gasteiger partial charge in [-0.05, 0) is 43.4 Å². The van der Waals surface area contributed by atoms with E-state index in [9.17, 15) is 0 Å². The van der Waals surface area contributed by atoms with Crippen molar-refractivity contribution in [2.45, 2.75) is 57.2 Å². The van der Waals surface area contributed by atoms with Crippen LogP contribution in [0.25, 0.3) is 0 Å². The van der Waals surface area contributed by atoms with Crippen LogP contribution >= 0.6 is 11.6 Å². The van der Waals surface area contributed by atoms with Gasteiger partial charge < -0.3 is 4.74 Å². The predicted octanol–water partition coefficient (Wildman–Crippen LogP) is 3.60. The van der Waals surface area contributed by atoms with Crippen LogP contribution in [0, 0.1) is 17.8 Å². The van der Waals surface area contributed by atoms with E-state index in [2.05, 4.69) is 0 Å². The molecule has 86 valence electrons. The Morgan fingerprint density at radius 3 is 2.60 bits per heavy atom. The molecule has 15 heavy (non-hydrogen) atoms. The average molecular weight is 229 g/mol. The molecule has 4 unspecified atom stereocenters. The van der Waals surface area contributed by atoms with E-state index in [1.165, 1.54) is 44.9 Å². The molecule has 0 aromatic rings. The van der Waals surface area contributed by atoms with Crippen LogP contribution in [-0.4, -0.2) is 18.1 Å². The first kappa shape index (κ1) is 10.4. The highest BCUT2D eigenvalue weighted by atomic mass is 35.5. The zero-order valence-electron chi connectivity index (χ0n) is 9.33. The van der Waals surface area contributed by atoms with Gasteiger partial charge in [0.15, 0.2) is 0 Å². The largest absolute Gasteiger partial charge is 0.374 e. The Labute approximate surface area is 97.5 Å². The lowest BCUT2D eigenvalue weighted by Gasteiger charge is -2.33. The van der Waals surface area contributed by atoms with E-state index >= 15 is 0 Å². The summed E-state index contributed by atoms with van der Waals surface area (Å²) >= 11 is 6.06.